The Morgan fingerprint density at radius 3 is 2.85 bits per heavy atom. The zero-order valence-corrected chi connectivity index (χ0v) is 11.0. The van der Waals surface area contributed by atoms with E-state index in [9.17, 15) is 9.18 Å². The first-order valence-electron chi connectivity index (χ1n) is 6.85. The van der Waals surface area contributed by atoms with Crippen LogP contribution in [0.2, 0.25) is 0 Å². The van der Waals surface area contributed by atoms with Crippen molar-refractivity contribution >= 4 is 11.7 Å². The standard InChI is InChI=1S/C14H18FN3O2/c15-8-3-5-9(6-4-8)17-14(19)18-12-11(16)10-2-1-7-20-13(10)12/h3-6,10-13H,1-2,7,16H2,(H2,17,18,19). The summed E-state index contributed by atoms with van der Waals surface area (Å²) in [5.74, 6) is 0.00953. The van der Waals surface area contributed by atoms with Crippen molar-refractivity contribution in [3.05, 3.63) is 30.1 Å². The number of hydrogen-bond donors (Lipinski definition) is 3. The number of fused-ring (bicyclic) bond motifs is 1. The number of carbonyl (C=O) groups excluding carboxylic acids is 1. The van der Waals surface area contributed by atoms with Crippen LogP contribution in [0, 0.1) is 11.7 Å². The predicted molar refractivity (Wildman–Crippen MR) is 72.8 cm³/mol. The van der Waals surface area contributed by atoms with E-state index < -0.39 is 0 Å². The van der Waals surface area contributed by atoms with Crippen LogP contribution in [0.25, 0.3) is 0 Å². The largest absolute Gasteiger partial charge is 0.376 e. The number of carbonyl (C=O) groups is 1. The van der Waals surface area contributed by atoms with Crippen LogP contribution in [0.1, 0.15) is 12.8 Å². The van der Waals surface area contributed by atoms with Gasteiger partial charge in [-0.2, -0.15) is 0 Å². The molecule has 1 aliphatic carbocycles. The quantitative estimate of drug-likeness (QED) is 0.767. The number of halogens is 1. The second-order valence-electron chi connectivity index (χ2n) is 5.35. The van der Waals surface area contributed by atoms with Crippen LogP contribution in [0.5, 0.6) is 0 Å². The summed E-state index contributed by atoms with van der Waals surface area (Å²) in [5.41, 5.74) is 6.61. The van der Waals surface area contributed by atoms with Gasteiger partial charge >= 0.3 is 6.03 Å². The Balaban J connectivity index is 1.55. The molecule has 0 bridgehead atoms. The van der Waals surface area contributed by atoms with Gasteiger partial charge in [-0.05, 0) is 37.1 Å². The lowest BCUT2D eigenvalue weighted by Crippen LogP contribution is -2.72. The third-order valence-electron chi connectivity index (χ3n) is 4.08. The van der Waals surface area contributed by atoms with Crippen molar-refractivity contribution in [3.8, 4) is 0 Å². The fourth-order valence-corrected chi connectivity index (χ4v) is 2.98. The summed E-state index contributed by atoms with van der Waals surface area (Å²) in [6.07, 6.45) is 2.12. The fraction of sp³-hybridized carbons (Fsp3) is 0.500. The van der Waals surface area contributed by atoms with E-state index in [0.717, 1.165) is 19.4 Å². The smallest absolute Gasteiger partial charge is 0.319 e. The highest BCUT2D eigenvalue weighted by Gasteiger charge is 2.51. The summed E-state index contributed by atoms with van der Waals surface area (Å²) in [7, 11) is 0. The molecular weight excluding hydrogens is 261 g/mol. The molecule has 4 atom stereocenters. The lowest BCUT2D eigenvalue weighted by atomic mass is 9.69. The minimum absolute atomic E-state index is 0.0257. The van der Waals surface area contributed by atoms with Gasteiger partial charge in [0.2, 0.25) is 0 Å². The van der Waals surface area contributed by atoms with E-state index in [1.165, 1.54) is 24.3 Å². The van der Waals surface area contributed by atoms with Crippen LogP contribution in [-0.4, -0.2) is 30.8 Å². The molecule has 2 fully saturated rings. The van der Waals surface area contributed by atoms with Gasteiger partial charge in [0.05, 0.1) is 12.1 Å². The van der Waals surface area contributed by atoms with Crippen molar-refractivity contribution in [1.82, 2.24) is 5.32 Å². The molecule has 2 aliphatic rings. The summed E-state index contributed by atoms with van der Waals surface area (Å²) >= 11 is 0. The van der Waals surface area contributed by atoms with Crippen LogP contribution in [0.15, 0.2) is 24.3 Å². The zero-order chi connectivity index (χ0) is 14.1. The number of ether oxygens (including phenoxy) is 1. The van der Waals surface area contributed by atoms with E-state index in [-0.39, 0.29) is 30.0 Å². The molecular formula is C14H18FN3O2. The SMILES string of the molecule is NC1C2CCCOC2C1NC(=O)Nc1ccc(F)cc1. The molecule has 1 heterocycles. The monoisotopic (exact) mass is 279 g/mol. The van der Waals surface area contributed by atoms with Gasteiger partial charge < -0.3 is 21.1 Å². The molecule has 1 saturated heterocycles. The lowest BCUT2D eigenvalue weighted by Gasteiger charge is -2.52. The molecule has 6 heteroatoms. The van der Waals surface area contributed by atoms with Crippen LogP contribution in [-0.2, 0) is 4.74 Å². The number of urea groups is 1. The van der Waals surface area contributed by atoms with Gasteiger partial charge in [-0.25, -0.2) is 9.18 Å². The highest BCUT2D eigenvalue weighted by Crippen LogP contribution is 2.36. The van der Waals surface area contributed by atoms with Crippen molar-refractivity contribution in [2.24, 2.45) is 11.7 Å². The summed E-state index contributed by atoms with van der Waals surface area (Å²) in [6.45, 7) is 0.728. The Morgan fingerprint density at radius 2 is 2.10 bits per heavy atom. The van der Waals surface area contributed by atoms with Crippen molar-refractivity contribution < 1.29 is 13.9 Å². The molecule has 4 N–H and O–H groups in total. The van der Waals surface area contributed by atoms with Gasteiger partial charge in [-0.3, -0.25) is 0 Å². The molecule has 3 rings (SSSR count). The van der Waals surface area contributed by atoms with Crippen molar-refractivity contribution in [2.45, 2.75) is 31.0 Å². The Hall–Kier alpha value is -1.66. The Kier molecular flexibility index (Phi) is 3.58. The van der Waals surface area contributed by atoms with Gasteiger partial charge in [-0.15, -0.1) is 0 Å². The number of amides is 2. The predicted octanol–water partition coefficient (Wildman–Crippen LogP) is 1.45. The van der Waals surface area contributed by atoms with E-state index in [2.05, 4.69) is 10.6 Å². The van der Waals surface area contributed by atoms with Gasteiger partial charge in [0.15, 0.2) is 0 Å². The summed E-state index contributed by atoms with van der Waals surface area (Å²) in [6, 6.07) is 5.06. The first kappa shape index (κ1) is 13.3. The highest BCUT2D eigenvalue weighted by molar-refractivity contribution is 5.89. The topological polar surface area (TPSA) is 76.4 Å². The minimum Gasteiger partial charge on any atom is -0.376 e. The number of nitrogens with one attached hydrogen (secondary N) is 2. The van der Waals surface area contributed by atoms with E-state index >= 15 is 0 Å². The van der Waals surface area contributed by atoms with Crippen molar-refractivity contribution in [1.29, 1.82) is 0 Å². The zero-order valence-electron chi connectivity index (χ0n) is 11.0. The molecule has 4 unspecified atom stereocenters. The maximum absolute atomic E-state index is 12.8. The fourth-order valence-electron chi connectivity index (χ4n) is 2.98. The summed E-state index contributed by atoms with van der Waals surface area (Å²) in [4.78, 5) is 11.9. The first-order valence-corrected chi connectivity index (χ1v) is 6.85. The molecule has 5 nitrogen and oxygen atoms in total. The molecule has 0 radical (unpaired) electrons. The Morgan fingerprint density at radius 1 is 1.35 bits per heavy atom. The summed E-state index contributed by atoms with van der Waals surface area (Å²) < 4.78 is 18.4. The lowest BCUT2D eigenvalue weighted by molar-refractivity contribution is -0.116. The molecule has 0 aromatic heterocycles. The van der Waals surface area contributed by atoms with Crippen LogP contribution in [0.4, 0.5) is 14.9 Å². The second-order valence-corrected chi connectivity index (χ2v) is 5.35. The molecule has 0 spiro atoms. The molecule has 1 saturated carbocycles. The third kappa shape index (κ3) is 2.48. The number of rotatable bonds is 2. The number of benzene rings is 1. The van der Waals surface area contributed by atoms with Crippen LogP contribution < -0.4 is 16.4 Å². The number of anilines is 1. The van der Waals surface area contributed by atoms with Gasteiger partial charge in [-0.1, -0.05) is 0 Å². The van der Waals surface area contributed by atoms with E-state index in [1.54, 1.807) is 0 Å². The number of hydrogen-bond acceptors (Lipinski definition) is 3. The molecule has 20 heavy (non-hydrogen) atoms. The average Bonchev–Trinajstić information content (AvgIpc) is 2.47. The molecule has 108 valence electrons. The van der Waals surface area contributed by atoms with Crippen molar-refractivity contribution in [2.75, 3.05) is 11.9 Å². The van der Waals surface area contributed by atoms with E-state index in [1.807, 2.05) is 0 Å². The van der Waals surface area contributed by atoms with Gasteiger partial charge in [0, 0.05) is 24.3 Å². The van der Waals surface area contributed by atoms with E-state index in [0.29, 0.717) is 11.6 Å². The highest BCUT2D eigenvalue weighted by atomic mass is 19.1. The van der Waals surface area contributed by atoms with E-state index in [4.69, 9.17) is 10.5 Å². The second kappa shape index (κ2) is 5.38. The van der Waals surface area contributed by atoms with Gasteiger partial charge in [0.1, 0.15) is 5.82 Å². The maximum atomic E-state index is 12.8. The van der Waals surface area contributed by atoms with Crippen LogP contribution >= 0.6 is 0 Å². The first-order chi connectivity index (χ1) is 9.65. The molecule has 1 aromatic rings. The van der Waals surface area contributed by atoms with Gasteiger partial charge in [0.25, 0.3) is 0 Å². The minimum atomic E-state index is -0.343. The van der Waals surface area contributed by atoms with Crippen molar-refractivity contribution in [3.63, 3.8) is 0 Å². The van der Waals surface area contributed by atoms with Crippen LogP contribution in [0.3, 0.4) is 0 Å². The molecule has 1 aliphatic heterocycles. The Bertz CT molecular complexity index is 494. The third-order valence-corrected chi connectivity index (χ3v) is 4.08. The molecule has 1 aromatic carbocycles. The maximum Gasteiger partial charge on any atom is 0.319 e. The number of nitrogens with two attached hydrogens (primary N) is 1. The summed E-state index contributed by atoms with van der Waals surface area (Å²) in [5, 5.41) is 5.49. The normalized spacial score (nSPS) is 31.9. The molecule has 2 amide bonds. The Labute approximate surface area is 116 Å². The average molecular weight is 279 g/mol.